The Labute approximate surface area is 278 Å². The maximum atomic E-state index is 2.32. The summed E-state index contributed by atoms with van der Waals surface area (Å²) in [5, 5.41) is 0. The lowest BCUT2D eigenvalue weighted by molar-refractivity contribution is 0.922. The van der Waals surface area contributed by atoms with Crippen LogP contribution in [0.15, 0.2) is 127 Å². The number of hydrogen-bond donors (Lipinski definition) is 0. The Kier molecular flexibility index (Phi) is 22.0. The van der Waals surface area contributed by atoms with Crippen LogP contribution in [-0.4, -0.2) is 0 Å². The topological polar surface area (TPSA) is 3.24 Å². The van der Waals surface area contributed by atoms with Crippen LogP contribution >= 0.6 is 0 Å². The van der Waals surface area contributed by atoms with Gasteiger partial charge in [0.15, 0.2) is 0 Å². The van der Waals surface area contributed by atoms with Gasteiger partial charge in [-0.2, -0.15) is 0 Å². The molecule has 1 atom stereocenters. The molecule has 0 spiro atoms. The maximum absolute atomic E-state index is 2.32. The highest BCUT2D eigenvalue weighted by atomic mass is 15.1. The van der Waals surface area contributed by atoms with Gasteiger partial charge in [0, 0.05) is 23.0 Å². The molecule has 242 valence electrons. The van der Waals surface area contributed by atoms with Crippen LogP contribution in [0, 0.1) is 13.8 Å². The molecule has 0 bridgehead atoms. The van der Waals surface area contributed by atoms with Crippen molar-refractivity contribution in [2.75, 3.05) is 4.90 Å². The van der Waals surface area contributed by atoms with Gasteiger partial charge in [0.25, 0.3) is 0 Å². The van der Waals surface area contributed by atoms with Crippen LogP contribution in [0.3, 0.4) is 0 Å². The molecule has 5 aromatic carbocycles. The molecule has 0 N–H and O–H groups in total. The van der Waals surface area contributed by atoms with E-state index in [1.54, 1.807) is 0 Å². The second kappa shape index (κ2) is 24.2. The maximum Gasteiger partial charge on any atom is 0.0461 e. The summed E-state index contributed by atoms with van der Waals surface area (Å²) in [7, 11) is 0. The van der Waals surface area contributed by atoms with Gasteiger partial charge >= 0.3 is 0 Å². The molecular weight excluding hydrogens is 542 g/mol. The second-order valence-electron chi connectivity index (χ2n) is 9.31. The van der Waals surface area contributed by atoms with Crippen molar-refractivity contribution in [2.24, 2.45) is 0 Å². The van der Waals surface area contributed by atoms with Gasteiger partial charge in [-0.15, -0.1) is 0 Å². The first-order chi connectivity index (χ1) is 22.1. The molecule has 0 aromatic heterocycles. The third-order valence-electron chi connectivity index (χ3n) is 6.75. The van der Waals surface area contributed by atoms with Crippen LogP contribution in [0.5, 0.6) is 0 Å². The largest absolute Gasteiger partial charge is 0.311 e. The number of rotatable bonds is 6. The molecule has 1 heteroatoms. The van der Waals surface area contributed by atoms with Crippen LogP contribution in [0.2, 0.25) is 0 Å². The zero-order chi connectivity index (χ0) is 34.2. The molecular formula is C44H61N. The van der Waals surface area contributed by atoms with Crippen LogP contribution in [0.1, 0.15) is 104 Å². The number of nitrogens with zero attached hydrogens (tertiary/aromatic N) is 1. The molecule has 0 fully saturated rings. The monoisotopic (exact) mass is 603 g/mol. The molecule has 45 heavy (non-hydrogen) atoms. The Morgan fingerprint density at radius 1 is 0.356 bits per heavy atom. The Balaban J connectivity index is 0.00000177. The molecule has 5 rings (SSSR count). The molecule has 0 heterocycles. The lowest BCUT2D eigenvalue weighted by Gasteiger charge is -2.26. The second-order valence-corrected chi connectivity index (χ2v) is 9.31. The van der Waals surface area contributed by atoms with Gasteiger partial charge in [0.1, 0.15) is 0 Å². The Morgan fingerprint density at radius 3 is 1.00 bits per heavy atom. The van der Waals surface area contributed by atoms with Gasteiger partial charge < -0.3 is 4.90 Å². The van der Waals surface area contributed by atoms with Crippen molar-refractivity contribution in [3.8, 4) is 11.1 Å². The fourth-order valence-electron chi connectivity index (χ4n) is 4.53. The smallest absolute Gasteiger partial charge is 0.0461 e. The first kappa shape index (κ1) is 40.9. The number of aryl methyl sites for hydroxylation is 2. The van der Waals surface area contributed by atoms with Gasteiger partial charge in [0.2, 0.25) is 0 Å². The quantitative estimate of drug-likeness (QED) is 0.187. The third kappa shape index (κ3) is 12.4. The molecule has 5 aromatic rings. The van der Waals surface area contributed by atoms with Crippen LogP contribution in [-0.2, 0) is 0 Å². The molecule has 1 unspecified atom stereocenters. The highest BCUT2D eigenvalue weighted by molar-refractivity contribution is 5.76. The van der Waals surface area contributed by atoms with Crippen molar-refractivity contribution in [3.05, 3.63) is 150 Å². The van der Waals surface area contributed by atoms with E-state index in [2.05, 4.69) is 153 Å². The number of benzene rings is 5. The van der Waals surface area contributed by atoms with Crippen LogP contribution in [0.25, 0.3) is 11.1 Å². The van der Waals surface area contributed by atoms with Crippen molar-refractivity contribution in [1.82, 2.24) is 0 Å². The van der Waals surface area contributed by atoms with E-state index in [0.717, 1.165) is 17.1 Å². The molecule has 0 radical (unpaired) electrons. The summed E-state index contributed by atoms with van der Waals surface area (Å²) < 4.78 is 0. The average molecular weight is 604 g/mol. The molecule has 0 aliphatic carbocycles. The SMILES string of the molecule is CC.CC.CC.CC.CC.Cc1ccc(N(c2ccc(C)cc2)c2ccc(C(C)c3ccc(-c4ccccc4)cc3)cc2)cc1. The zero-order valence-electron chi connectivity index (χ0n) is 30.6. The molecule has 0 amide bonds. The first-order valence-corrected chi connectivity index (χ1v) is 17.3. The van der Waals surface area contributed by atoms with E-state index in [1.165, 1.54) is 33.4 Å². The summed E-state index contributed by atoms with van der Waals surface area (Å²) in [5.41, 5.74) is 11.2. The highest BCUT2D eigenvalue weighted by Crippen LogP contribution is 2.36. The van der Waals surface area contributed by atoms with Crippen molar-refractivity contribution >= 4 is 17.1 Å². The highest BCUT2D eigenvalue weighted by Gasteiger charge is 2.14. The summed E-state index contributed by atoms with van der Waals surface area (Å²) >= 11 is 0. The van der Waals surface area contributed by atoms with Gasteiger partial charge in [-0.05, 0) is 72.5 Å². The average Bonchev–Trinajstić information content (AvgIpc) is 3.15. The fourth-order valence-corrected chi connectivity index (χ4v) is 4.53. The van der Waals surface area contributed by atoms with E-state index in [9.17, 15) is 0 Å². The zero-order valence-corrected chi connectivity index (χ0v) is 30.6. The van der Waals surface area contributed by atoms with Crippen molar-refractivity contribution in [1.29, 1.82) is 0 Å². The minimum Gasteiger partial charge on any atom is -0.311 e. The first-order valence-electron chi connectivity index (χ1n) is 17.3. The Morgan fingerprint density at radius 2 is 0.644 bits per heavy atom. The van der Waals surface area contributed by atoms with Gasteiger partial charge in [-0.3, -0.25) is 0 Å². The standard InChI is InChI=1S/C34H31N.5C2H6/c1-25-9-19-32(20-10-25)35(33-21-11-26(2)12-22-33)34-23-17-29(18-24-34)27(3)28-13-15-31(16-14-28)30-7-5-4-6-8-30;5*1-2/h4-24,27H,1-3H3;5*1-2H3. The summed E-state index contributed by atoms with van der Waals surface area (Å²) in [6.45, 7) is 26.5. The van der Waals surface area contributed by atoms with E-state index in [4.69, 9.17) is 0 Å². The number of hydrogen-bond acceptors (Lipinski definition) is 1. The summed E-state index contributed by atoms with van der Waals surface area (Å²) in [5.74, 6) is 0.320. The molecule has 0 saturated heterocycles. The third-order valence-corrected chi connectivity index (χ3v) is 6.75. The Hall–Kier alpha value is -4.10. The van der Waals surface area contributed by atoms with Crippen molar-refractivity contribution < 1.29 is 0 Å². The predicted octanol–water partition coefficient (Wildman–Crippen LogP) is 14.7. The van der Waals surface area contributed by atoms with E-state index >= 15 is 0 Å². The van der Waals surface area contributed by atoms with E-state index < -0.39 is 0 Å². The van der Waals surface area contributed by atoms with Gasteiger partial charge in [0.05, 0.1) is 0 Å². The fraction of sp³-hybridized carbons (Fsp3) is 0.318. The molecule has 1 nitrogen and oxygen atoms in total. The van der Waals surface area contributed by atoms with E-state index in [0.29, 0.717) is 5.92 Å². The lowest BCUT2D eigenvalue weighted by Crippen LogP contribution is -2.10. The summed E-state index contributed by atoms with van der Waals surface area (Å²) in [6.07, 6.45) is 0. The molecule has 0 saturated carbocycles. The normalized spacial score (nSPS) is 9.80. The minimum atomic E-state index is 0.320. The summed E-state index contributed by atoms with van der Waals surface area (Å²) in [6, 6.07) is 46.0. The predicted molar refractivity (Wildman–Crippen MR) is 207 cm³/mol. The Bertz CT molecular complexity index is 1320. The summed E-state index contributed by atoms with van der Waals surface area (Å²) in [4.78, 5) is 2.32. The van der Waals surface area contributed by atoms with Crippen LogP contribution < -0.4 is 4.90 Å². The van der Waals surface area contributed by atoms with Gasteiger partial charge in [-0.1, -0.05) is 178 Å². The van der Waals surface area contributed by atoms with E-state index in [-0.39, 0.29) is 0 Å². The number of anilines is 3. The van der Waals surface area contributed by atoms with Crippen LogP contribution in [0.4, 0.5) is 17.1 Å². The molecule has 0 aliphatic heterocycles. The van der Waals surface area contributed by atoms with Crippen molar-refractivity contribution in [3.63, 3.8) is 0 Å². The molecule has 0 aliphatic rings. The minimum absolute atomic E-state index is 0.320. The van der Waals surface area contributed by atoms with Gasteiger partial charge in [-0.25, -0.2) is 0 Å². The lowest BCUT2D eigenvalue weighted by atomic mass is 9.91. The van der Waals surface area contributed by atoms with Crippen molar-refractivity contribution in [2.45, 2.75) is 95.9 Å². The van der Waals surface area contributed by atoms with E-state index in [1.807, 2.05) is 69.2 Å².